The maximum Gasteiger partial charge on any atom is 0.242 e. The Labute approximate surface area is 116 Å². The van der Waals surface area contributed by atoms with E-state index in [0.29, 0.717) is 5.56 Å². The molecule has 0 radical (unpaired) electrons. The number of carbonyl (C=O) groups excluding carboxylic acids is 1. The molecule has 1 aromatic heterocycles. The van der Waals surface area contributed by atoms with Gasteiger partial charge in [0.05, 0.1) is 13.2 Å². The van der Waals surface area contributed by atoms with Crippen molar-refractivity contribution in [1.82, 2.24) is 15.1 Å². The average Bonchev–Trinajstić information content (AvgIpc) is 2.91. The van der Waals surface area contributed by atoms with Crippen LogP contribution >= 0.6 is 0 Å². The molecule has 1 amide bonds. The third-order valence-corrected chi connectivity index (χ3v) is 2.92. The Bertz CT molecular complexity index is 584. The summed E-state index contributed by atoms with van der Waals surface area (Å²) >= 11 is 0. The molecule has 6 heteroatoms. The van der Waals surface area contributed by atoms with Crippen LogP contribution in [0.1, 0.15) is 18.5 Å². The van der Waals surface area contributed by atoms with Crippen molar-refractivity contribution in [2.24, 2.45) is 0 Å². The van der Waals surface area contributed by atoms with Crippen LogP contribution in [-0.2, 0) is 11.3 Å². The molecule has 2 rings (SSSR count). The fraction of sp³-hybridized carbons (Fsp3) is 0.286. The first-order valence-corrected chi connectivity index (χ1v) is 6.20. The molecule has 0 aliphatic rings. The van der Waals surface area contributed by atoms with Gasteiger partial charge in [-0.25, -0.2) is 4.39 Å². The molecule has 1 heterocycles. The number of ether oxygens (including phenoxy) is 1. The van der Waals surface area contributed by atoms with Crippen molar-refractivity contribution in [3.8, 4) is 5.75 Å². The zero-order valence-corrected chi connectivity index (χ0v) is 11.3. The largest absolute Gasteiger partial charge is 0.494 e. The minimum Gasteiger partial charge on any atom is -0.494 e. The lowest BCUT2D eigenvalue weighted by Gasteiger charge is -2.15. The first-order valence-electron chi connectivity index (χ1n) is 6.20. The Balaban J connectivity index is 1.99. The van der Waals surface area contributed by atoms with E-state index in [2.05, 4.69) is 10.4 Å². The van der Waals surface area contributed by atoms with Gasteiger partial charge in [0.15, 0.2) is 11.6 Å². The summed E-state index contributed by atoms with van der Waals surface area (Å²) in [6.07, 6.45) is 3.31. The lowest BCUT2D eigenvalue weighted by Crippen LogP contribution is -2.30. The van der Waals surface area contributed by atoms with Crippen LogP contribution in [-0.4, -0.2) is 22.8 Å². The van der Waals surface area contributed by atoms with Gasteiger partial charge < -0.3 is 10.1 Å². The molecule has 0 spiro atoms. The highest BCUT2D eigenvalue weighted by Gasteiger charge is 2.12. The van der Waals surface area contributed by atoms with Crippen molar-refractivity contribution in [1.29, 1.82) is 0 Å². The molecule has 5 nitrogen and oxygen atoms in total. The highest BCUT2D eigenvalue weighted by Crippen LogP contribution is 2.21. The molecule has 2 aromatic rings. The van der Waals surface area contributed by atoms with Crippen LogP contribution in [0.2, 0.25) is 0 Å². The first-order chi connectivity index (χ1) is 9.60. The van der Waals surface area contributed by atoms with Crippen LogP contribution in [0.5, 0.6) is 5.75 Å². The number of aromatic nitrogens is 2. The number of carbonyl (C=O) groups is 1. The van der Waals surface area contributed by atoms with Crippen molar-refractivity contribution >= 4 is 5.91 Å². The summed E-state index contributed by atoms with van der Waals surface area (Å²) < 4.78 is 20.0. The second kappa shape index (κ2) is 6.18. The number of rotatable bonds is 5. The van der Waals surface area contributed by atoms with Gasteiger partial charge in [-0.15, -0.1) is 0 Å². The molecule has 0 bridgehead atoms. The van der Waals surface area contributed by atoms with Crippen LogP contribution in [0.3, 0.4) is 0 Å². The van der Waals surface area contributed by atoms with E-state index in [1.54, 1.807) is 37.5 Å². The fourth-order valence-corrected chi connectivity index (χ4v) is 1.86. The van der Waals surface area contributed by atoms with Gasteiger partial charge in [0, 0.05) is 12.4 Å². The van der Waals surface area contributed by atoms with Crippen molar-refractivity contribution in [2.45, 2.75) is 19.5 Å². The number of benzene rings is 1. The lowest BCUT2D eigenvalue weighted by molar-refractivity contribution is -0.122. The van der Waals surface area contributed by atoms with Crippen molar-refractivity contribution in [3.63, 3.8) is 0 Å². The summed E-state index contributed by atoms with van der Waals surface area (Å²) in [6, 6.07) is 6.08. The van der Waals surface area contributed by atoms with E-state index in [1.165, 1.54) is 17.9 Å². The number of amides is 1. The number of methoxy groups -OCH3 is 1. The zero-order chi connectivity index (χ0) is 14.5. The predicted octanol–water partition coefficient (Wildman–Crippen LogP) is 1.91. The SMILES string of the molecule is COc1ccc(C(C)NC(=O)Cn2cccn2)cc1F. The molecule has 1 atom stereocenters. The highest BCUT2D eigenvalue weighted by atomic mass is 19.1. The summed E-state index contributed by atoms with van der Waals surface area (Å²) in [5.41, 5.74) is 0.678. The number of hydrogen-bond donors (Lipinski definition) is 1. The van der Waals surface area contributed by atoms with Crippen molar-refractivity contribution in [3.05, 3.63) is 48.0 Å². The quantitative estimate of drug-likeness (QED) is 0.908. The van der Waals surface area contributed by atoms with E-state index in [-0.39, 0.29) is 24.2 Å². The summed E-state index contributed by atoms with van der Waals surface area (Å²) in [4.78, 5) is 11.8. The smallest absolute Gasteiger partial charge is 0.242 e. The van der Waals surface area contributed by atoms with E-state index >= 15 is 0 Å². The highest BCUT2D eigenvalue weighted by molar-refractivity contribution is 5.76. The van der Waals surface area contributed by atoms with Gasteiger partial charge >= 0.3 is 0 Å². The lowest BCUT2D eigenvalue weighted by atomic mass is 10.1. The van der Waals surface area contributed by atoms with E-state index in [9.17, 15) is 9.18 Å². The number of nitrogens with zero attached hydrogens (tertiary/aromatic N) is 2. The second-order valence-electron chi connectivity index (χ2n) is 4.39. The minimum atomic E-state index is -0.446. The molecule has 0 fully saturated rings. The van der Waals surface area contributed by atoms with Crippen LogP contribution < -0.4 is 10.1 Å². The van der Waals surface area contributed by atoms with Crippen LogP contribution in [0.25, 0.3) is 0 Å². The summed E-state index contributed by atoms with van der Waals surface area (Å²) in [7, 11) is 1.41. The predicted molar refractivity (Wildman–Crippen MR) is 71.7 cm³/mol. The molecule has 1 aromatic carbocycles. The Morgan fingerprint density at radius 2 is 2.35 bits per heavy atom. The second-order valence-corrected chi connectivity index (χ2v) is 4.39. The molecule has 0 saturated heterocycles. The van der Waals surface area contributed by atoms with Gasteiger partial charge in [-0.2, -0.15) is 5.10 Å². The Kier molecular flexibility index (Phi) is 4.34. The van der Waals surface area contributed by atoms with Crippen LogP contribution in [0.4, 0.5) is 4.39 Å². The molecular weight excluding hydrogens is 261 g/mol. The Morgan fingerprint density at radius 3 is 2.95 bits per heavy atom. The topological polar surface area (TPSA) is 56.1 Å². The van der Waals surface area contributed by atoms with Gasteiger partial charge in [-0.3, -0.25) is 9.48 Å². The fourth-order valence-electron chi connectivity index (χ4n) is 1.86. The molecule has 20 heavy (non-hydrogen) atoms. The number of nitrogens with one attached hydrogen (secondary N) is 1. The van der Waals surface area contributed by atoms with Gasteiger partial charge in [-0.05, 0) is 30.7 Å². The summed E-state index contributed by atoms with van der Waals surface area (Å²) in [6.45, 7) is 1.93. The molecule has 0 aliphatic carbocycles. The van der Waals surface area contributed by atoms with E-state index < -0.39 is 5.82 Å². The maximum absolute atomic E-state index is 13.6. The zero-order valence-electron chi connectivity index (χ0n) is 11.3. The van der Waals surface area contributed by atoms with Crippen molar-refractivity contribution < 1.29 is 13.9 Å². The van der Waals surface area contributed by atoms with Gasteiger partial charge in [0.25, 0.3) is 0 Å². The minimum absolute atomic E-state index is 0.135. The Morgan fingerprint density at radius 1 is 1.55 bits per heavy atom. The van der Waals surface area contributed by atoms with Gasteiger partial charge in [-0.1, -0.05) is 6.07 Å². The molecule has 106 valence electrons. The standard InChI is InChI=1S/C14H16FN3O2/c1-10(11-4-5-13(20-2)12(15)8-11)17-14(19)9-18-7-3-6-16-18/h3-8,10H,9H2,1-2H3,(H,17,19). The molecule has 0 aliphatic heterocycles. The van der Waals surface area contributed by atoms with Gasteiger partial charge in [0.1, 0.15) is 6.54 Å². The molecule has 1 N–H and O–H groups in total. The first kappa shape index (κ1) is 14.0. The number of hydrogen-bond acceptors (Lipinski definition) is 3. The van der Waals surface area contributed by atoms with E-state index in [0.717, 1.165) is 0 Å². The van der Waals surface area contributed by atoms with Gasteiger partial charge in [0.2, 0.25) is 5.91 Å². The molecule has 0 saturated carbocycles. The summed E-state index contributed by atoms with van der Waals surface area (Å²) in [5.74, 6) is -0.445. The van der Waals surface area contributed by atoms with Crippen molar-refractivity contribution in [2.75, 3.05) is 7.11 Å². The van der Waals surface area contributed by atoms with Crippen LogP contribution in [0.15, 0.2) is 36.7 Å². The number of halogens is 1. The summed E-state index contributed by atoms with van der Waals surface area (Å²) in [5, 5.41) is 6.74. The Hall–Kier alpha value is -2.37. The third kappa shape index (κ3) is 3.34. The average molecular weight is 277 g/mol. The normalized spacial score (nSPS) is 11.9. The molecule has 1 unspecified atom stereocenters. The van der Waals surface area contributed by atoms with Crippen LogP contribution in [0, 0.1) is 5.82 Å². The molecular formula is C14H16FN3O2. The maximum atomic E-state index is 13.6. The monoisotopic (exact) mass is 277 g/mol. The third-order valence-electron chi connectivity index (χ3n) is 2.92. The van der Waals surface area contributed by atoms with E-state index in [4.69, 9.17) is 4.74 Å². The van der Waals surface area contributed by atoms with E-state index in [1.807, 2.05) is 0 Å².